The number of carbonyl (C=O) groups is 1. The van der Waals surface area contributed by atoms with E-state index in [1.165, 1.54) is 23.1 Å². The van der Waals surface area contributed by atoms with E-state index in [9.17, 15) is 18.0 Å². The number of carbonyl (C=O) groups excluding carboxylic acids is 1. The van der Waals surface area contributed by atoms with Crippen molar-refractivity contribution >= 4 is 5.91 Å². The first-order valence-electron chi connectivity index (χ1n) is 5.84. The second-order valence-corrected chi connectivity index (χ2v) is 5.06. The van der Waals surface area contributed by atoms with Gasteiger partial charge in [0.2, 0.25) is 0 Å². The van der Waals surface area contributed by atoms with Crippen molar-refractivity contribution < 1.29 is 18.0 Å². The van der Waals surface area contributed by atoms with E-state index >= 15 is 0 Å². The van der Waals surface area contributed by atoms with Gasteiger partial charge in [0.15, 0.2) is 0 Å². The number of nitrogens with zero attached hydrogens (tertiary/aromatic N) is 1. The van der Waals surface area contributed by atoms with Gasteiger partial charge in [-0.3, -0.25) is 4.79 Å². The maximum atomic E-state index is 13.3. The molecule has 96 valence electrons. The van der Waals surface area contributed by atoms with Crippen LogP contribution in [0.25, 0.3) is 0 Å². The predicted octanol–water partition coefficient (Wildman–Crippen LogP) is 2.47. The van der Waals surface area contributed by atoms with Crippen LogP contribution in [0.5, 0.6) is 0 Å². The number of amides is 1. The standard InChI is InChI=1S/C13H12F3NO/c1-7-2-3-8(4-11(7)14)12(18)17-5-9-10(6-17)13(9,15)16/h2-4,9-10H,5-6H2,1H3. The molecule has 2 unspecified atom stereocenters. The first-order chi connectivity index (χ1) is 8.41. The van der Waals surface area contributed by atoms with Crippen LogP contribution >= 0.6 is 0 Å². The van der Waals surface area contributed by atoms with Crippen LogP contribution in [0.3, 0.4) is 0 Å². The average Bonchev–Trinajstić information content (AvgIpc) is 2.71. The Morgan fingerprint density at radius 2 is 1.94 bits per heavy atom. The maximum Gasteiger partial charge on any atom is 0.258 e. The molecule has 0 spiro atoms. The Kier molecular flexibility index (Phi) is 2.24. The lowest BCUT2D eigenvalue weighted by Gasteiger charge is -2.20. The number of benzene rings is 1. The molecule has 2 atom stereocenters. The molecule has 3 rings (SSSR count). The summed E-state index contributed by atoms with van der Waals surface area (Å²) in [5.41, 5.74) is 0.685. The van der Waals surface area contributed by atoms with Crippen molar-refractivity contribution in [3.63, 3.8) is 0 Å². The lowest BCUT2D eigenvalue weighted by molar-refractivity contribution is 0.0458. The van der Waals surface area contributed by atoms with Gasteiger partial charge in [0, 0.05) is 18.7 Å². The van der Waals surface area contributed by atoms with Crippen LogP contribution in [-0.2, 0) is 0 Å². The van der Waals surface area contributed by atoms with Gasteiger partial charge in [0.1, 0.15) is 5.82 Å². The Balaban J connectivity index is 1.75. The highest BCUT2D eigenvalue weighted by molar-refractivity contribution is 5.94. The van der Waals surface area contributed by atoms with E-state index in [0.717, 1.165) is 0 Å². The molecule has 0 N–H and O–H groups in total. The number of fused-ring (bicyclic) bond motifs is 1. The summed E-state index contributed by atoms with van der Waals surface area (Å²) in [4.78, 5) is 13.4. The van der Waals surface area contributed by atoms with Crippen LogP contribution in [0.2, 0.25) is 0 Å². The van der Waals surface area contributed by atoms with Gasteiger partial charge in [0.05, 0.1) is 11.8 Å². The van der Waals surface area contributed by atoms with Gasteiger partial charge in [-0.15, -0.1) is 0 Å². The van der Waals surface area contributed by atoms with Crippen LogP contribution < -0.4 is 0 Å². The minimum Gasteiger partial charge on any atom is -0.338 e. The SMILES string of the molecule is Cc1ccc(C(=O)N2CC3C(C2)C3(F)F)cc1F. The molecule has 1 aromatic carbocycles. The normalized spacial score (nSPS) is 28.1. The van der Waals surface area contributed by atoms with Crippen LogP contribution in [0, 0.1) is 24.6 Å². The van der Waals surface area contributed by atoms with Crippen molar-refractivity contribution in [1.82, 2.24) is 4.90 Å². The molecule has 1 heterocycles. The van der Waals surface area contributed by atoms with Gasteiger partial charge in [-0.1, -0.05) is 6.07 Å². The van der Waals surface area contributed by atoms with E-state index in [4.69, 9.17) is 0 Å². The summed E-state index contributed by atoms with van der Waals surface area (Å²) in [5, 5.41) is 0. The molecule has 0 bridgehead atoms. The van der Waals surface area contributed by atoms with E-state index in [-0.39, 0.29) is 24.6 Å². The molecular formula is C13H12F3NO. The third-order valence-electron chi connectivity index (χ3n) is 3.91. The molecule has 1 aliphatic heterocycles. The third-order valence-corrected chi connectivity index (χ3v) is 3.91. The van der Waals surface area contributed by atoms with Crippen molar-refractivity contribution in [2.24, 2.45) is 11.8 Å². The molecule has 18 heavy (non-hydrogen) atoms. The van der Waals surface area contributed by atoms with Crippen molar-refractivity contribution in [3.8, 4) is 0 Å². The molecule has 0 radical (unpaired) electrons. The predicted molar refractivity (Wildman–Crippen MR) is 59.0 cm³/mol. The Bertz CT molecular complexity index is 515. The lowest BCUT2D eigenvalue weighted by Crippen LogP contribution is -2.33. The third kappa shape index (κ3) is 1.53. The molecule has 1 aliphatic carbocycles. The van der Waals surface area contributed by atoms with Crippen LogP contribution in [0.4, 0.5) is 13.2 Å². The molecule has 2 nitrogen and oxygen atoms in total. The molecule has 2 aliphatic rings. The largest absolute Gasteiger partial charge is 0.338 e. The molecule has 1 aromatic rings. The summed E-state index contributed by atoms with van der Waals surface area (Å²) in [6.07, 6.45) is 0. The quantitative estimate of drug-likeness (QED) is 0.755. The first kappa shape index (κ1) is 11.6. The highest BCUT2D eigenvalue weighted by atomic mass is 19.3. The molecule has 1 amide bonds. The molecule has 2 fully saturated rings. The van der Waals surface area contributed by atoms with E-state index < -0.39 is 23.6 Å². The summed E-state index contributed by atoms with van der Waals surface area (Å²) in [5.74, 6) is -4.81. The van der Waals surface area contributed by atoms with Crippen molar-refractivity contribution in [1.29, 1.82) is 0 Å². The second kappa shape index (κ2) is 3.49. The number of halogens is 3. The fourth-order valence-corrected chi connectivity index (χ4v) is 2.58. The van der Waals surface area contributed by atoms with Crippen molar-refractivity contribution in [2.45, 2.75) is 12.8 Å². The maximum absolute atomic E-state index is 13.3. The van der Waals surface area contributed by atoms with Gasteiger partial charge in [-0.25, -0.2) is 13.2 Å². The molecule has 1 saturated heterocycles. The zero-order valence-corrected chi connectivity index (χ0v) is 9.79. The van der Waals surface area contributed by atoms with Crippen LogP contribution in [0.15, 0.2) is 18.2 Å². The number of piperidine rings is 1. The zero-order chi connectivity index (χ0) is 13.1. The lowest BCUT2D eigenvalue weighted by atomic mass is 10.1. The summed E-state index contributed by atoms with van der Waals surface area (Å²) in [6.45, 7) is 1.76. The molecule has 0 aromatic heterocycles. The van der Waals surface area contributed by atoms with Gasteiger partial charge < -0.3 is 4.90 Å². The van der Waals surface area contributed by atoms with E-state index in [2.05, 4.69) is 0 Å². The van der Waals surface area contributed by atoms with Gasteiger partial charge >= 0.3 is 0 Å². The highest BCUT2D eigenvalue weighted by Crippen LogP contribution is 2.59. The average molecular weight is 255 g/mol. The molecule has 1 saturated carbocycles. The van der Waals surface area contributed by atoms with Gasteiger partial charge in [-0.2, -0.15) is 0 Å². The summed E-state index contributed by atoms with van der Waals surface area (Å²) in [7, 11) is 0. The van der Waals surface area contributed by atoms with Crippen molar-refractivity contribution in [2.75, 3.05) is 13.1 Å². The summed E-state index contributed by atoms with van der Waals surface area (Å²) >= 11 is 0. The topological polar surface area (TPSA) is 20.3 Å². The monoisotopic (exact) mass is 255 g/mol. The minimum absolute atomic E-state index is 0.0754. The van der Waals surface area contributed by atoms with E-state index in [1.807, 2.05) is 0 Å². The van der Waals surface area contributed by atoms with E-state index in [0.29, 0.717) is 5.56 Å². The number of aryl methyl sites for hydroxylation is 1. The Morgan fingerprint density at radius 3 is 2.50 bits per heavy atom. The molecule has 5 heteroatoms. The first-order valence-corrected chi connectivity index (χ1v) is 5.84. The van der Waals surface area contributed by atoms with Gasteiger partial charge in [-0.05, 0) is 24.6 Å². The van der Waals surface area contributed by atoms with Gasteiger partial charge in [0.25, 0.3) is 11.8 Å². The number of alkyl halides is 2. The highest BCUT2D eigenvalue weighted by Gasteiger charge is 2.72. The minimum atomic E-state index is -2.60. The number of hydrogen-bond donors (Lipinski definition) is 0. The van der Waals surface area contributed by atoms with Crippen LogP contribution in [0.1, 0.15) is 15.9 Å². The summed E-state index contributed by atoms with van der Waals surface area (Å²) in [6, 6.07) is 4.22. The fourth-order valence-electron chi connectivity index (χ4n) is 2.58. The molecular weight excluding hydrogens is 243 g/mol. The zero-order valence-electron chi connectivity index (χ0n) is 9.79. The van der Waals surface area contributed by atoms with E-state index in [1.54, 1.807) is 6.92 Å². The summed E-state index contributed by atoms with van der Waals surface area (Å²) < 4.78 is 39.3. The Hall–Kier alpha value is -1.52. The number of likely N-dealkylation sites (tertiary alicyclic amines) is 1. The number of hydrogen-bond acceptors (Lipinski definition) is 1. The van der Waals surface area contributed by atoms with Crippen molar-refractivity contribution in [3.05, 3.63) is 35.1 Å². The fraction of sp³-hybridized carbons (Fsp3) is 0.462. The Morgan fingerprint density at radius 1 is 1.33 bits per heavy atom. The second-order valence-electron chi connectivity index (χ2n) is 5.06. The number of rotatable bonds is 1. The Labute approximate surface area is 102 Å². The van der Waals surface area contributed by atoms with Crippen LogP contribution in [-0.4, -0.2) is 29.8 Å². The smallest absolute Gasteiger partial charge is 0.258 e.